The smallest absolute Gasteiger partial charge is 0.259 e. The number of pyridine rings is 1. The van der Waals surface area contributed by atoms with Gasteiger partial charge < -0.3 is 15.0 Å². The third kappa shape index (κ3) is 2.76. The number of methoxy groups -OCH3 is 1. The van der Waals surface area contributed by atoms with Crippen LogP contribution in [0.2, 0.25) is 0 Å². The molecule has 1 aliphatic heterocycles. The number of amides is 1. The van der Waals surface area contributed by atoms with E-state index < -0.39 is 0 Å². The Balaban J connectivity index is 1.60. The first kappa shape index (κ1) is 13.3. The number of carbonyl (C=O) groups excluding carboxylic acids is 1. The van der Waals surface area contributed by atoms with Crippen LogP contribution in [0.5, 0.6) is 5.88 Å². The van der Waals surface area contributed by atoms with Gasteiger partial charge in [0.15, 0.2) is 0 Å². The van der Waals surface area contributed by atoms with Crippen LogP contribution in [0.3, 0.4) is 0 Å². The Kier molecular flexibility index (Phi) is 3.63. The molecule has 2 aromatic rings. The number of nitrogens with one attached hydrogen (secondary N) is 1. The summed E-state index contributed by atoms with van der Waals surface area (Å²) < 4.78 is 5.11. The van der Waals surface area contributed by atoms with Crippen molar-refractivity contribution < 1.29 is 9.53 Å². The summed E-state index contributed by atoms with van der Waals surface area (Å²) in [7, 11) is 1.51. The molecule has 0 spiro atoms. The third-order valence-corrected chi connectivity index (χ3v) is 3.26. The number of likely N-dealkylation sites (tertiary alicyclic amines) is 1. The molecule has 0 aliphatic carbocycles. The van der Waals surface area contributed by atoms with Crippen LogP contribution in [0.15, 0.2) is 36.8 Å². The topological polar surface area (TPSA) is 80.2 Å². The monoisotopic (exact) mass is 285 g/mol. The Morgan fingerprint density at radius 2 is 1.95 bits per heavy atom. The zero-order valence-corrected chi connectivity index (χ0v) is 11.6. The van der Waals surface area contributed by atoms with E-state index >= 15 is 0 Å². The van der Waals surface area contributed by atoms with Gasteiger partial charge >= 0.3 is 0 Å². The first-order valence-electron chi connectivity index (χ1n) is 6.60. The molecule has 1 fully saturated rings. The van der Waals surface area contributed by atoms with Crippen LogP contribution in [-0.4, -0.2) is 52.0 Å². The Bertz CT molecular complexity index is 628. The predicted octanol–water partition coefficient (Wildman–Crippen LogP) is 0.817. The van der Waals surface area contributed by atoms with Crippen molar-refractivity contribution in [3.8, 4) is 5.88 Å². The SMILES string of the molecule is COc1ncccc1C(=O)N1CC(Nc2ncccn2)C1. The largest absolute Gasteiger partial charge is 0.480 e. The summed E-state index contributed by atoms with van der Waals surface area (Å²) in [6.07, 6.45) is 4.96. The average Bonchev–Trinajstić information content (AvgIpc) is 2.51. The third-order valence-electron chi connectivity index (χ3n) is 3.26. The summed E-state index contributed by atoms with van der Waals surface area (Å²) in [6, 6.07) is 5.37. The van der Waals surface area contributed by atoms with Crippen LogP contribution in [0, 0.1) is 0 Å². The fourth-order valence-electron chi connectivity index (χ4n) is 2.18. The second-order valence-electron chi connectivity index (χ2n) is 4.68. The quantitative estimate of drug-likeness (QED) is 0.895. The molecule has 1 amide bonds. The highest BCUT2D eigenvalue weighted by Crippen LogP contribution is 2.20. The van der Waals surface area contributed by atoms with Gasteiger partial charge in [0.2, 0.25) is 11.8 Å². The molecule has 3 heterocycles. The summed E-state index contributed by atoms with van der Waals surface area (Å²) in [5, 5.41) is 3.18. The van der Waals surface area contributed by atoms with E-state index in [1.165, 1.54) is 7.11 Å². The van der Waals surface area contributed by atoms with E-state index in [1.54, 1.807) is 41.7 Å². The van der Waals surface area contributed by atoms with Crippen molar-refractivity contribution >= 4 is 11.9 Å². The molecule has 2 aromatic heterocycles. The van der Waals surface area contributed by atoms with Gasteiger partial charge in [-0.1, -0.05) is 0 Å². The molecule has 0 saturated carbocycles. The van der Waals surface area contributed by atoms with Gasteiger partial charge in [0, 0.05) is 31.7 Å². The first-order chi connectivity index (χ1) is 10.3. The predicted molar refractivity (Wildman–Crippen MR) is 76.1 cm³/mol. The second-order valence-corrected chi connectivity index (χ2v) is 4.68. The van der Waals surface area contributed by atoms with Crippen molar-refractivity contribution in [1.82, 2.24) is 19.9 Å². The number of ether oxygens (including phenoxy) is 1. The lowest BCUT2D eigenvalue weighted by Gasteiger charge is -2.39. The summed E-state index contributed by atoms with van der Waals surface area (Å²) in [5.41, 5.74) is 0.481. The normalized spacial score (nSPS) is 14.4. The average molecular weight is 285 g/mol. The van der Waals surface area contributed by atoms with Gasteiger partial charge in [0.05, 0.1) is 13.2 Å². The van der Waals surface area contributed by atoms with Crippen LogP contribution < -0.4 is 10.1 Å². The van der Waals surface area contributed by atoms with Crippen LogP contribution in [0.25, 0.3) is 0 Å². The molecule has 0 aromatic carbocycles. The molecule has 21 heavy (non-hydrogen) atoms. The maximum absolute atomic E-state index is 12.4. The molecule has 1 N–H and O–H groups in total. The molecule has 7 nitrogen and oxygen atoms in total. The van der Waals surface area contributed by atoms with Crippen molar-refractivity contribution in [1.29, 1.82) is 0 Å². The minimum atomic E-state index is -0.0769. The molecular weight excluding hydrogens is 270 g/mol. The maximum atomic E-state index is 12.4. The van der Waals surface area contributed by atoms with E-state index in [-0.39, 0.29) is 11.9 Å². The molecule has 0 radical (unpaired) electrons. The zero-order chi connectivity index (χ0) is 14.7. The standard InChI is InChI=1S/C14H15N5O2/c1-21-12-11(4-2-5-15-12)13(20)19-8-10(9-19)18-14-16-6-3-7-17-14/h2-7,10H,8-9H2,1H3,(H,16,17,18). The van der Waals surface area contributed by atoms with E-state index in [2.05, 4.69) is 20.3 Å². The zero-order valence-electron chi connectivity index (χ0n) is 11.6. The highest BCUT2D eigenvalue weighted by Gasteiger charge is 2.32. The maximum Gasteiger partial charge on any atom is 0.259 e. The first-order valence-corrected chi connectivity index (χ1v) is 6.60. The van der Waals surface area contributed by atoms with E-state index in [4.69, 9.17) is 4.74 Å². The summed E-state index contributed by atoms with van der Waals surface area (Å²) in [6.45, 7) is 1.21. The van der Waals surface area contributed by atoms with Crippen molar-refractivity contribution in [3.63, 3.8) is 0 Å². The molecule has 1 saturated heterocycles. The van der Waals surface area contributed by atoms with E-state index in [9.17, 15) is 4.79 Å². The molecule has 108 valence electrons. The van der Waals surface area contributed by atoms with Crippen LogP contribution in [0.1, 0.15) is 10.4 Å². The van der Waals surface area contributed by atoms with Crippen LogP contribution in [0.4, 0.5) is 5.95 Å². The number of rotatable bonds is 4. The van der Waals surface area contributed by atoms with Crippen molar-refractivity contribution in [3.05, 3.63) is 42.4 Å². The van der Waals surface area contributed by atoms with Crippen LogP contribution in [-0.2, 0) is 0 Å². The molecule has 1 aliphatic rings. The van der Waals surface area contributed by atoms with E-state index in [0.717, 1.165) is 0 Å². The van der Waals surface area contributed by atoms with Crippen LogP contribution >= 0.6 is 0 Å². The molecule has 0 unspecified atom stereocenters. The fraction of sp³-hybridized carbons (Fsp3) is 0.286. The number of anilines is 1. The Labute approximate surface area is 122 Å². The summed E-state index contributed by atoms with van der Waals surface area (Å²) >= 11 is 0. The van der Waals surface area contributed by atoms with Gasteiger partial charge in [-0.25, -0.2) is 15.0 Å². The number of carbonyl (C=O) groups is 1. The lowest BCUT2D eigenvalue weighted by atomic mass is 10.1. The van der Waals surface area contributed by atoms with Gasteiger partial charge in [0.1, 0.15) is 5.56 Å². The Hall–Kier alpha value is -2.70. The molecular formula is C14H15N5O2. The van der Waals surface area contributed by atoms with Gasteiger partial charge in [0.25, 0.3) is 5.91 Å². The second kappa shape index (κ2) is 5.74. The molecule has 7 heteroatoms. The van der Waals surface area contributed by atoms with Gasteiger partial charge in [-0.2, -0.15) is 0 Å². The van der Waals surface area contributed by atoms with Gasteiger partial charge in [-0.15, -0.1) is 0 Å². The lowest BCUT2D eigenvalue weighted by Crippen LogP contribution is -2.57. The fourth-order valence-corrected chi connectivity index (χ4v) is 2.18. The van der Waals surface area contributed by atoms with Gasteiger partial charge in [-0.05, 0) is 18.2 Å². The Morgan fingerprint density at radius 3 is 2.67 bits per heavy atom. The number of nitrogens with zero attached hydrogens (tertiary/aromatic N) is 4. The summed E-state index contributed by atoms with van der Waals surface area (Å²) in [5.74, 6) is 0.853. The molecule has 0 atom stereocenters. The van der Waals surface area contributed by atoms with Crippen molar-refractivity contribution in [2.24, 2.45) is 0 Å². The Morgan fingerprint density at radius 1 is 1.24 bits per heavy atom. The number of aromatic nitrogens is 3. The molecule has 0 bridgehead atoms. The van der Waals surface area contributed by atoms with Crippen molar-refractivity contribution in [2.75, 3.05) is 25.5 Å². The minimum absolute atomic E-state index is 0.0769. The van der Waals surface area contributed by atoms with Crippen molar-refractivity contribution in [2.45, 2.75) is 6.04 Å². The van der Waals surface area contributed by atoms with E-state index in [1.807, 2.05) is 0 Å². The van der Waals surface area contributed by atoms with E-state index in [0.29, 0.717) is 30.5 Å². The number of hydrogen-bond donors (Lipinski definition) is 1. The lowest BCUT2D eigenvalue weighted by molar-refractivity contribution is 0.0620. The summed E-state index contributed by atoms with van der Waals surface area (Å²) in [4.78, 5) is 26.3. The molecule has 3 rings (SSSR count). The minimum Gasteiger partial charge on any atom is -0.480 e. The highest BCUT2D eigenvalue weighted by molar-refractivity contribution is 5.97. The highest BCUT2D eigenvalue weighted by atomic mass is 16.5. The van der Waals surface area contributed by atoms with Gasteiger partial charge in [-0.3, -0.25) is 4.79 Å². The number of hydrogen-bond acceptors (Lipinski definition) is 6.